The number of hydrogen-bond acceptors (Lipinski definition) is 2. The molecule has 0 N–H and O–H groups in total. The Balaban J connectivity index is 2.00. The van der Waals surface area contributed by atoms with Crippen LogP contribution in [-0.2, 0) is 0 Å². The number of halogens is 1. The first-order valence-electron chi connectivity index (χ1n) is 1.31. The van der Waals surface area contributed by atoms with Gasteiger partial charge in [-0.15, -0.1) is 0 Å². The molecule has 1 heterocycles. The van der Waals surface area contributed by atoms with Gasteiger partial charge in [-0.2, -0.15) is 0 Å². The summed E-state index contributed by atoms with van der Waals surface area (Å²) in [5.41, 5.74) is 0. The second-order valence-electron chi connectivity index (χ2n) is 0.776. The topological polar surface area (TPSA) is 0 Å². The van der Waals surface area contributed by atoms with Crippen LogP contribution in [0.15, 0.2) is 0 Å². The zero-order chi connectivity index (χ0) is 3.70. The van der Waals surface area contributed by atoms with Gasteiger partial charge in [0.2, 0.25) is 0 Å². The predicted octanol–water partition coefficient (Wildman–Crippen LogP) is 2.14. The summed E-state index contributed by atoms with van der Waals surface area (Å²) in [4.78, 5) is 0. The molecule has 0 spiro atoms. The van der Waals surface area contributed by atoms with Crippen molar-refractivity contribution in [2.75, 3.05) is 4.43 Å². The molecule has 0 aromatic carbocycles. The lowest BCUT2D eigenvalue weighted by atomic mass is 11.0. The molecule has 5 heavy (non-hydrogen) atoms. The fourth-order valence-corrected chi connectivity index (χ4v) is 3.46. The van der Waals surface area contributed by atoms with Gasteiger partial charge in [-0.05, 0) is 0 Å². The quantitative estimate of drug-likeness (QED) is 0.286. The van der Waals surface area contributed by atoms with Crippen molar-refractivity contribution in [2.24, 2.45) is 0 Å². The van der Waals surface area contributed by atoms with Crippen LogP contribution < -0.4 is 0 Å². The van der Waals surface area contributed by atoms with Crippen LogP contribution in [0.4, 0.5) is 0 Å². The van der Waals surface area contributed by atoms with Crippen LogP contribution in [0.3, 0.4) is 0 Å². The van der Waals surface area contributed by atoms with Gasteiger partial charge in [-0.1, -0.05) is 44.2 Å². The maximum atomic E-state index is 2.40. The van der Waals surface area contributed by atoms with Gasteiger partial charge in [0.25, 0.3) is 0 Å². The largest absolute Gasteiger partial charge is 0.0842 e. The molecule has 0 aromatic heterocycles. The Labute approximate surface area is 53.0 Å². The SMILES string of the molecule is ICC1SS1. The molecule has 1 fully saturated rings. The van der Waals surface area contributed by atoms with E-state index in [1.165, 1.54) is 4.43 Å². The summed E-state index contributed by atoms with van der Waals surface area (Å²) in [5.74, 6) is 0. The Morgan fingerprint density at radius 1 is 1.60 bits per heavy atom. The summed E-state index contributed by atoms with van der Waals surface area (Å²) in [6, 6.07) is 0. The molecule has 0 unspecified atom stereocenters. The van der Waals surface area contributed by atoms with E-state index in [0.29, 0.717) is 0 Å². The molecule has 0 aliphatic carbocycles. The Kier molecular flexibility index (Phi) is 1.77. The van der Waals surface area contributed by atoms with E-state index >= 15 is 0 Å². The summed E-state index contributed by atoms with van der Waals surface area (Å²) >= 11 is 2.40. The van der Waals surface area contributed by atoms with E-state index in [-0.39, 0.29) is 0 Å². The van der Waals surface area contributed by atoms with Crippen molar-refractivity contribution < 1.29 is 0 Å². The highest BCUT2D eigenvalue weighted by Crippen LogP contribution is 2.53. The van der Waals surface area contributed by atoms with Crippen LogP contribution in [-0.4, -0.2) is 9.01 Å². The van der Waals surface area contributed by atoms with Gasteiger partial charge in [0.1, 0.15) is 0 Å². The molecule has 0 bridgehead atoms. The van der Waals surface area contributed by atoms with Crippen LogP contribution in [0.1, 0.15) is 0 Å². The minimum atomic E-state index is 0.954. The van der Waals surface area contributed by atoms with Crippen LogP contribution in [0.2, 0.25) is 0 Å². The molecule has 0 amide bonds. The monoisotopic (exact) mass is 218 g/mol. The Morgan fingerprint density at radius 3 is 2.20 bits per heavy atom. The molecule has 1 aliphatic heterocycles. The van der Waals surface area contributed by atoms with Gasteiger partial charge in [0, 0.05) is 4.43 Å². The molecule has 0 aromatic rings. The average molecular weight is 218 g/mol. The first-order chi connectivity index (χ1) is 2.43. The lowest BCUT2D eigenvalue weighted by Gasteiger charge is -1.65. The Hall–Kier alpha value is 1.43. The molecule has 0 saturated carbocycles. The second-order valence-corrected chi connectivity index (χ2v) is 4.63. The van der Waals surface area contributed by atoms with Gasteiger partial charge in [0.15, 0.2) is 0 Å². The molecular weight excluding hydrogens is 215 g/mol. The first kappa shape index (κ1) is 4.59. The van der Waals surface area contributed by atoms with E-state index in [1.807, 2.05) is 21.6 Å². The molecule has 30 valence electrons. The fourth-order valence-electron chi connectivity index (χ4n) is 0.0907. The van der Waals surface area contributed by atoms with Crippen molar-refractivity contribution >= 4 is 44.2 Å². The van der Waals surface area contributed by atoms with Crippen molar-refractivity contribution in [2.45, 2.75) is 4.58 Å². The van der Waals surface area contributed by atoms with Gasteiger partial charge >= 0.3 is 0 Å². The molecule has 1 saturated heterocycles. The lowest BCUT2D eigenvalue weighted by Crippen LogP contribution is -1.70. The Morgan fingerprint density at radius 2 is 2.20 bits per heavy atom. The average Bonchev–Trinajstić information content (AvgIpc) is 2.12. The van der Waals surface area contributed by atoms with Crippen LogP contribution in [0.5, 0.6) is 0 Å². The van der Waals surface area contributed by atoms with E-state index in [2.05, 4.69) is 22.6 Å². The second kappa shape index (κ2) is 1.93. The third kappa shape index (κ3) is 1.55. The van der Waals surface area contributed by atoms with E-state index in [9.17, 15) is 0 Å². The number of alkyl halides is 1. The van der Waals surface area contributed by atoms with E-state index in [4.69, 9.17) is 0 Å². The third-order valence-electron chi connectivity index (χ3n) is 0.358. The van der Waals surface area contributed by atoms with Gasteiger partial charge < -0.3 is 0 Å². The van der Waals surface area contributed by atoms with E-state index < -0.39 is 0 Å². The summed E-state index contributed by atoms with van der Waals surface area (Å²) in [6.07, 6.45) is 0. The summed E-state index contributed by atoms with van der Waals surface area (Å²) in [6.45, 7) is 0. The highest BCUT2D eigenvalue weighted by molar-refractivity contribution is 14.1. The highest BCUT2D eigenvalue weighted by atomic mass is 127. The molecule has 1 rings (SSSR count). The molecule has 1 aliphatic rings. The van der Waals surface area contributed by atoms with E-state index in [1.54, 1.807) is 0 Å². The third-order valence-corrected chi connectivity index (χ3v) is 4.63. The standard InChI is InChI=1S/C2H3IS2/c3-1-2-4-5-2/h2H,1H2. The first-order valence-corrected chi connectivity index (χ1v) is 5.12. The summed E-state index contributed by atoms with van der Waals surface area (Å²) < 4.78 is 2.27. The zero-order valence-electron chi connectivity index (χ0n) is 2.48. The smallest absolute Gasteiger partial charge is 0.0799 e. The van der Waals surface area contributed by atoms with Gasteiger partial charge in [-0.25, -0.2) is 0 Å². The summed E-state index contributed by atoms with van der Waals surface area (Å²) in [5, 5.41) is 0. The number of hydrogen-bond donors (Lipinski definition) is 0. The highest BCUT2D eigenvalue weighted by Gasteiger charge is 2.21. The molecule has 3 heteroatoms. The minimum absolute atomic E-state index is 0.954. The molecule has 0 atom stereocenters. The maximum Gasteiger partial charge on any atom is 0.0799 e. The van der Waals surface area contributed by atoms with Crippen molar-refractivity contribution in [3.63, 3.8) is 0 Å². The van der Waals surface area contributed by atoms with Crippen molar-refractivity contribution in [1.82, 2.24) is 0 Å². The van der Waals surface area contributed by atoms with E-state index in [0.717, 1.165) is 4.58 Å². The number of rotatable bonds is 1. The lowest BCUT2D eigenvalue weighted by molar-refractivity contribution is 1.55. The fraction of sp³-hybridized carbons (Fsp3) is 1.00. The predicted molar refractivity (Wildman–Crippen MR) is 37.9 cm³/mol. The van der Waals surface area contributed by atoms with Crippen molar-refractivity contribution in [3.8, 4) is 0 Å². The van der Waals surface area contributed by atoms with Crippen LogP contribution in [0.25, 0.3) is 0 Å². The normalized spacial score (nSPS) is 23.4. The zero-order valence-corrected chi connectivity index (χ0v) is 6.27. The van der Waals surface area contributed by atoms with Crippen molar-refractivity contribution in [1.29, 1.82) is 0 Å². The summed E-state index contributed by atoms with van der Waals surface area (Å²) in [7, 11) is 3.95. The van der Waals surface area contributed by atoms with Crippen LogP contribution in [0, 0.1) is 0 Å². The van der Waals surface area contributed by atoms with Crippen molar-refractivity contribution in [3.05, 3.63) is 0 Å². The van der Waals surface area contributed by atoms with Gasteiger partial charge in [-0.3, -0.25) is 0 Å². The maximum absolute atomic E-state index is 2.40. The Bertz CT molecular complexity index is 34.6. The molecular formula is C2H3IS2. The van der Waals surface area contributed by atoms with Gasteiger partial charge in [0.05, 0.1) is 4.58 Å². The minimum Gasteiger partial charge on any atom is -0.0842 e. The van der Waals surface area contributed by atoms with Crippen LogP contribution >= 0.6 is 44.2 Å². The molecule has 0 radical (unpaired) electrons. The molecule has 0 nitrogen and oxygen atoms in total.